The lowest BCUT2D eigenvalue weighted by molar-refractivity contribution is 0.102. The zero-order valence-electron chi connectivity index (χ0n) is 15.6. The lowest BCUT2D eigenvalue weighted by atomic mass is 10.1. The third kappa shape index (κ3) is 3.85. The Kier molecular flexibility index (Phi) is 5.29. The first-order valence-electron chi connectivity index (χ1n) is 8.68. The molecule has 29 heavy (non-hydrogen) atoms. The molecule has 0 bridgehead atoms. The van der Waals surface area contributed by atoms with Crippen molar-refractivity contribution in [2.45, 2.75) is 18.1 Å². The highest BCUT2D eigenvalue weighted by Crippen LogP contribution is 2.33. The minimum absolute atomic E-state index is 0.313. The maximum atomic E-state index is 13.1. The number of nitriles is 1. The Morgan fingerprint density at radius 2 is 2.03 bits per heavy atom. The van der Waals surface area contributed by atoms with E-state index in [4.69, 9.17) is 9.78 Å². The van der Waals surface area contributed by atoms with Gasteiger partial charge in [-0.1, -0.05) is 58.6 Å². The number of carbonyl (C=O) groups is 1. The number of fused-ring (bicyclic) bond motifs is 1. The zero-order valence-corrected chi connectivity index (χ0v) is 17.2. The number of aromatic nitrogens is 3. The van der Waals surface area contributed by atoms with Crippen molar-refractivity contribution in [3.63, 3.8) is 0 Å². The van der Waals surface area contributed by atoms with Gasteiger partial charge in [0.2, 0.25) is 0 Å². The molecule has 1 aromatic carbocycles. The molecule has 0 radical (unpaired) electrons. The SMILES string of the molecule is Cc1nc(NC(=O)c2cc(-c3ccccc3)nc3onc(C)c23)sc1SCC#N. The highest BCUT2D eigenvalue weighted by molar-refractivity contribution is 8.01. The van der Waals surface area contributed by atoms with Crippen LogP contribution in [-0.4, -0.2) is 26.8 Å². The number of benzene rings is 1. The number of nitrogens with one attached hydrogen (secondary N) is 1. The van der Waals surface area contributed by atoms with E-state index in [0.717, 1.165) is 15.5 Å². The van der Waals surface area contributed by atoms with Gasteiger partial charge in [-0.3, -0.25) is 10.1 Å². The van der Waals surface area contributed by atoms with Crippen LogP contribution in [0.15, 0.2) is 45.1 Å². The van der Waals surface area contributed by atoms with Crippen molar-refractivity contribution in [1.82, 2.24) is 15.1 Å². The minimum Gasteiger partial charge on any atom is -0.335 e. The number of thioether (sulfide) groups is 1. The number of hydrogen-bond donors (Lipinski definition) is 1. The van der Waals surface area contributed by atoms with E-state index >= 15 is 0 Å². The molecule has 0 aliphatic heterocycles. The third-order valence-electron chi connectivity index (χ3n) is 4.17. The standard InChI is InChI=1S/C20H15N5O2S2/c1-11-16-14(17(26)24-20-22-12(2)19(29-20)28-9-8-21)10-15(23-18(16)27-25-11)13-6-4-3-5-7-13/h3-7,10H,9H2,1-2H3,(H,22,24,26). The Morgan fingerprint density at radius 1 is 1.24 bits per heavy atom. The van der Waals surface area contributed by atoms with Crippen molar-refractivity contribution in [2.75, 3.05) is 11.1 Å². The van der Waals surface area contributed by atoms with Crippen LogP contribution in [0, 0.1) is 25.2 Å². The first-order chi connectivity index (χ1) is 14.1. The molecule has 144 valence electrons. The number of aryl methyl sites for hydroxylation is 2. The van der Waals surface area contributed by atoms with E-state index in [-0.39, 0.29) is 5.91 Å². The summed E-state index contributed by atoms with van der Waals surface area (Å²) in [5.74, 6) is 0.0216. The maximum Gasteiger partial charge on any atom is 0.259 e. The van der Waals surface area contributed by atoms with Crippen LogP contribution in [0.25, 0.3) is 22.4 Å². The number of pyridine rings is 1. The molecular weight excluding hydrogens is 406 g/mol. The largest absolute Gasteiger partial charge is 0.335 e. The van der Waals surface area contributed by atoms with Gasteiger partial charge < -0.3 is 4.52 Å². The van der Waals surface area contributed by atoms with E-state index in [1.165, 1.54) is 23.1 Å². The van der Waals surface area contributed by atoms with Crippen LogP contribution in [0.4, 0.5) is 5.13 Å². The fourth-order valence-electron chi connectivity index (χ4n) is 2.86. The van der Waals surface area contributed by atoms with E-state index in [0.29, 0.717) is 38.9 Å². The lowest BCUT2D eigenvalue weighted by Crippen LogP contribution is -2.13. The molecule has 0 aliphatic carbocycles. The topological polar surface area (TPSA) is 105 Å². The van der Waals surface area contributed by atoms with Crippen molar-refractivity contribution in [2.24, 2.45) is 0 Å². The molecule has 0 atom stereocenters. The quantitative estimate of drug-likeness (QED) is 0.460. The van der Waals surface area contributed by atoms with Gasteiger partial charge in [-0.2, -0.15) is 5.26 Å². The van der Waals surface area contributed by atoms with Crippen LogP contribution in [0.1, 0.15) is 21.7 Å². The average Bonchev–Trinajstić information content (AvgIpc) is 3.28. The molecule has 3 aromatic heterocycles. The molecule has 9 heteroatoms. The predicted octanol–water partition coefficient (Wildman–Crippen LogP) is 4.83. The Hall–Kier alpha value is -3.22. The number of hydrogen-bond acceptors (Lipinski definition) is 8. The van der Waals surface area contributed by atoms with Crippen LogP contribution >= 0.6 is 23.1 Å². The van der Waals surface area contributed by atoms with Crippen molar-refractivity contribution < 1.29 is 9.32 Å². The molecule has 0 saturated heterocycles. The van der Waals surface area contributed by atoms with Crippen LogP contribution < -0.4 is 5.32 Å². The highest BCUT2D eigenvalue weighted by Gasteiger charge is 2.21. The molecule has 0 spiro atoms. The fraction of sp³-hybridized carbons (Fsp3) is 0.150. The van der Waals surface area contributed by atoms with E-state index in [1.54, 1.807) is 13.0 Å². The molecule has 4 aromatic rings. The molecule has 0 saturated carbocycles. The molecule has 4 rings (SSSR count). The number of thiazole rings is 1. The number of carbonyl (C=O) groups excluding carboxylic acids is 1. The van der Waals surface area contributed by atoms with Gasteiger partial charge in [0.1, 0.15) is 0 Å². The van der Waals surface area contributed by atoms with Crippen LogP contribution in [0.3, 0.4) is 0 Å². The zero-order chi connectivity index (χ0) is 20.4. The minimum atomic E-state index is -0.313. The number of amides is 1. The van der Waals surface area contributed by atoms with Gasteiger partial charge in [0.05, 0.1) is 44.1 Å². The summed E-state index contributed by atoms with van der Waals surface area (Å²) in [7, 11) is 0. The highest BCUT2D eigenvalue weighted by atomic mass is 32.2. The second-order valence-electron chi connectivity index (χ2n) is 6.16. The third-order valence-corrected chi connectivity index (χ3v) is 6.48. The van der Waals surface area contributed by atoms with Gasteiger partial charge in [-0.05, 0) is 19.9 Å². The first-order valence-corrected chi connectivity index (χ1v) is 10.5. The fourth-order valence-corrected chi connectivity index (χ4v) is 4.66. The monoisotopic (exact) mass is 421 g/mol. The van der Waals surface area contributed by atoms with Gasteiger partial charge in [0, 0.05) is 5.56 Å². The Labute approximate surface area is 174 Å². The second-order valence-corrected chi connectivity index (χ2v) is 8.41. The predicted molar refractivity (Wildman–Crippen MR) is 113 cm³/mol. The van der Waals surface area contributed by atoms with Gasteiger partial charge in [-0.25, -0.2) is 9.97 Å². The van der Waals surface area contributed by atoms with Gasteiger partial charge in [0.15, 0.2) is 5.13 Å². The summed E-state index contributed by atoms with van der Waals surface area (Å²) in [5.41, 5.74) is 3.62. The summed E-state index contributed by atoms with van der Waals surface area (Å²) in [6, 6.07) is 13.4. The number of anilines is 1. The van der Waals surface area contributed by atoms with E-state index in [1.807, 2.05) is 37.3 Å². The van der Waals surface area contributed by atoms with E-state index in [9.17, 15) is 4.79 Å². The first kappa shape index (κ1) is 19.1. The average molecular weight is 422 g/mol. The van der Waals surface area contributed by atoms with Gasteiger partial charge in [0.25, 0.3) is 11.6 Å². The number of nitrogens with zero attached hydrogens (tertiary/aromatic N) is 4. The molecule has 0 aliphatic rings. The second kappa shape index (κ2) is 8.03. The van der Waals surface area contributed by atoms with Crippen molar-refractivity contribution in [3.8, 4) is 17.3 Å². The molecule has 0 unspecified atom stereocenters. The molecule has 3 heterocycles. The van der Waals surface area contributed by atoms with Gasteiger partial charge >= 0.3 is 0 Å². The molecular formula is C20H15N5O2S2. The van der Waals surface area contributed by atoms with Crippen LogP contribution in [0.2, 0.25) is 0 Å². The summed E-state index contributed by atoms with van der Waals surface area (Å²) < 4.78 is 6.24. The summed E-state index contributed by atoms with van der Waals surface area (Å²) in [4.78, 5) is 22.0. The van der Waals surface area contributed by atoms with Crippen LogP contribution in [-0.2, 0) is 0 Å². The Balaban J connectivity index is 1.72. The van der Waals surface area contributed by atoms with Gasteiger partial charge in [-0.15, -0.1) is 0 Å². The van der Waals surface area contributed by atoms with Crippen LogP contribution in [0.5, 0.6) is 0 Å². The van der Waals surface area contributed by atoms with E-state index in [2.05, 4.69) is 26.5 Å². The smallest absolute Gasteiger partial charge is 0.259 e. The molecule has 1 N–H and O–H groups in total. The lowest BCUT2D eigenvalue weighted by Gasteiger charge is -2.06. The maximum absolute atomic E-state index is 13.1. The van der Waals surface area contributed by atoms with Crippen molar-refractivity contribution >= 4 is 45.2 Å². The Bertz CT molecular complexity index is 1240. The summed E-state index contributed by atoms with van der Waals surface area (Å²) >= 11 is 2.75. The summed E-state index contributed by atoms with van der Waals surface area (Å²) in [5, 5.41) is 16.7. The molecule has 7 nitrogen and oxygen atoms in total. The molecule has 0 fully saturated rings. The summed E-state index contributed by atoms with van der Waals surface area (Å²) in [6.45, 7) is 3.63. The Morgan fingerprint density at radius 3 is 2.79 bits per heavy atom. The summed E-state index contributed by atoms with van der Waals surface area (Å²) in [6.07, 6.45) is 0. The van der Waals surface area contributed by atoms with Crippen molar-refractivity contribution in [1.29, 1.82) is 5.26 Å². The molecule has 1 amide bonds. The normalized spacial score (nSPS) is 10.8. The number of rotatable bonds is 5. The van der Waals surface area contributed by atoms with E-state index < -0.39 is 0 Å². The van der Waals surface area contributed by atoms with Crippen molar-refractivity contribution in [3.05, 3.63) is 53.3 Å².